The van der Waals surface area contributed by atoms with Gasteiger partial charge in [0.25, 0.3) is 0 Å². The Morgan fingerprint density at radius 3 is 3.00 bits per heavy atom. The Morgan fingerprint density at radius 2 is 2.26 bits per heavy atom. The van der Waals surface area contributed by atoms with E-state index in [2.05, 4.69) is 42.3 Å². The number of nitrogens with one attached hydrogen (secondary N) is 1. The van der Waals surface area contributed by atoms with Crippen molar-refractivity contribution in [3.8, 4) is 0 Å². The molecule has 0 bridgehead atoms. The molecule has 0 aliphatic carbocycles. The predicted octanol–water partition coefficient (Wildman–Crippen LogP) is 2.58. The lowest BCUT2D eigenvalue weighted by Crippen LogP contribution is -2.23. The van der Waals surface area contributed by atoms with Gasteiger partial charge in [-0.2, -0.15) is 0 Å². The summed E-state index contributed by atoms with van der Waals surface area (Å²) < 4.78 is 5.29. The summed E-state index contributed by atoms with van der Waals surface area (Å²) in [6.07, 6.45) is 1.24. The first-order valence-electron chi connectivity index (χ1n) is 7.28. The van der Waals surface area contributed by atoms with Crippen molar-refractivity contribution in [2.75, 3.05) is 38.3 Å². The van der Waals surface area contributed by atoms with Crippen LogP contribution in [0.25, 0.3) is 0 Å². The highest BCUT2D eigenvalue weighted by molar-refractivity contribution is 5.55. The summed E-state index contributed by atoms with van der Waals surface area (Å²) in [6.45, 7) is 9.44. The number of anilines is 1. The first kappa shape index (κ1) is 14.4. The van der Waals surface area contributed by atoms with Gasteiger partial charge in [0.05, 0.1) is 6.61 Å². The van der Waals surface area contributed by atoms with E-state index in [1.54, 1.807) is 7.11 Å². The van der Waals surface area contributed by atoms with E-state index in [0.29, 0.717) is 5.92 Å². The Hall–Kier alpha value is -1.06. The molecule has 2 rings (SSSR count). The minimum atomic E-state index is 0.679. The van der Waals surface area contributed by atoms with E-state index in [1.807, 2.05) is 0 Å². The minimum absolute atomic E-state index is 0.679. The molecular formula is C16H26N2O. The molecule has 0 spiro atoms. The summed E-state index contributed by atoms with van der Waals surface area (Å²) in [6, 6.07) is 6.80. The number of benzene rings is 1. The number of rotatable bonds is 6. The SMILES string of the molecule is CCNCc1cc(C)ccc1N1CCC(COC)C1. The molecule has 1 unspecified atom stereocenters. The van der Waals surface area contributed by atoms with Gasteiger partial charge in [-0.05, 0) is 31.5 Å². The average molecular weight is 262 g/mol. The summed E-state index contributed by atoms with van der Waals surface area (Å²) in [7, 11) is 1.80. The number of aryl methyl sites for hydroxylation is 1. The Morgan fingerprint density at radius 1 is 1.42 bits per heavy atom. The molecule has 1 fully saturated rings. The van der Waals surface area contributed by atoms with E-state index in [-0.39, 0.29) is 0 Å². The highest BCUT2D eigenvalue weighted by Crippen LogP contribution is 2.28. The van der Waals surface area contributed by atoms with Crippen LogP contribution in [0.2, 0.25) is 0 Å². The molecule has 0 saturated carbocycles. The quantitative estimate of drug-likeness (QED) is 0.853. The third-order valence-electron chi connectivity index (χ3n) is 3.83. The van der Waals surface area contributed by atoms with Gasteiger partial charge in [0.1, 0.15) is 0 Å². The summed E-state index contributed by atoms with van der Waals surface area (Å²) in [5, 5.41) is 3.44. The molecule has 1 aliphatic rings. The second-order valence-corrected chi connectivity index (χ2v) is 5.47. The van der Waals surface area contributed by atoms with Crippen molar-refractivity contribution in [2.24, 2.45) is 5.92 Å². The van der Waals surface area contributed by atoms with E-state index in [9.17, 15) is 0 Å². The first-order valence-corrected chi connectivity index (χ1v) is 7.28. The summed E-state index contributed by atoms with van der Waals surface area (Å²) >= 11 is 0. The van der Waals surface area contributed by atoms with Gasteiger partial charge in [-0.25, -0.2) is 0 Å². The van der Waals surface area contributed by atoms with Crippen LogP contribution in [0, 0.1) is 12.8 Å². The van der Waals surface area contributed by atoms with Crippen molar-refractivity contribution in [2.45, 2.75) is 26.8 Å². The number of ether oxygens (including phenoxy) is 1. The van der Waals surface area contributed by atoms with Gasteiger partial charge in [0.2, 0.25) is 0 Å². The zero-order valence-corrected chi connectivity index (χ0v) is 12.4. The molecule has 19 heavy (non-hydrogen) atoms. The summed E-state index contributed by atoms with van der Waals surface area (Å²) in [5.41, 5.74) is 4.15. The maximum atomic E-state index is 5.29. The van der Waals surface area contributed by atoms with Crippen molar-refractivity contribution in [3.05, 3.63) is 29.3 Å². The largest absolute Gasteiger partial charge is 0.384 e. The maximum absolute atomic E-state index is 5.29. The Kier molecular flexibility index (Phi) is 5.23. The molecule has 1 aliphatic heterocycles. The summed E-state index contributed by atoms with van der Waals surface area (Å²) in [4.78, 5) is 2.51. The van der Waals surface area contributed by atoms with E-state index in [4.69, 9.17) is 4.74 Å². The van der Waals surface area contributed by atoms with Crippen molar-refractivity contribution in [3.63, 3.8) is 0 Å². The Bertz CT molecular complexity index is 406. The minimum Gasteiger partial charge on any atom is -0.384 e. The van der Waals surface area contributed by atoms with E-state index in [0.717, 1.165) is 32.8 Å². The fourth-order valence-electron chi connectivity index (χ4n) is 2.85. The van der Waals surface area contributed by atoms with Crippen LogP contribution in [0.4, 0.5) is 5.69 Å². The molecule has 1 aromatic rings. The third-order valence-corrected chi connectivity index (χ3v) is 3.83. The second kappa shape index (κ2) is 6.92. The van der Waals surface area contributed by atoms with Gasteiger partial charge in [0.15, 0.2) is 0 Å². The van der Waals surface area contributed by atoms with Crippen molar-refractivity contribution >= 4 is 5.69 Å². The van der Waals surface area contributed by atoms with Crippen LogP contribution < -0.4 is 10.2 Å². The highest BCUT2D eigenvalue weighted by Gasteiger charge is 2.23. The van der Waals surface area contributed by atoms with Crippen LogP contribution in [0.3, 0.4) is 0 Å². The molecule has 3 heteroatoms. The van der Waals surface area contributed by atoms with Crippen molar-refractivity contribution in [1.29, 1.82) is 0 Å². The molecule has 1 N–H and O–H groups in total. The van der Waals surface area contributed by atoms with E-state index in [1.165, 1.54) is 23.2 Å². The monoisotopic (exact) mass is 262 g/mol. The van der Waals surface area contributed by atoms with Crippen LogP contribution in [0.1, 0.15) is 24.5 Å². The molecule has 1 atom stereocenters. The fourth-order valence-corrected chi connectivity index (χ4v) is 2.85. The van der Waals surface area contributed by atoms with Crippen LogP contribution >= 0.6 is 0 Å². The maximum Gasteiger partial charge on any atom is 0.0508 e. The van der Waals surface area contributed by atoms with Crippen LogP contribution in [0.5, 0.6) is 0 Å². The highest BCUT2D eigenvalue weighted by atomic mass is 16.5. The zero-order valence-electron chi connectivity index (χ0n) is 12.4. The van der Waals surface area contributed by atoms with Gasteiger partial charge in [-0.1, -0.05) is 24.6 Å². The van der Waals surface area contributed by atoms with E-state index >= 15 is 0 Å². The van der Waals surface area contributed by atoms with Crippen LogP contribution in [-0.4, -0.2) is 33.4 Å². The van der Waals surface area contributed by atoms with Crippen LogP contribution in [0.15, 0.2) is 18.2 Å². The summed E-state index contributed by atoms with van der Waals surface area (Å²) in [5.74, 6) is 0.679. The van der Waals surface area contributed by atoms with Gasteiger partial charge >= 0.3 is 0 Å². The van der Waals surface area contributed by atoms with Gasteiger partial charge in [-0.3, -0.25) is 0 Å². The Labute approximate surface area is 116 Å². The normalized spacial score (nSPS) is 19.1. The van der Waals surface area contributed by atoms with Crippen molar-refractivity contribution < 1.29 is 4.74 Å². The van der Waals surface area contributed by atoms with E-state index < -0.39 is 0 Å². The number of nitrogens with zero attached hydrogens (tertiary/aromatic N) is 1. The lowest BCUT2D eigenvalue weighted by Gasteiger charge is -2.23. The molecule has 1 heterocycles. The van der Waals surface area contributed by atoms with Gasteiger partial charge in [0, 0.05) is 38.3 Å². The standard InChI is InChI=1S/C16H26N2O/c1-4-17-10-15-9-13(2)5-6-16(15)18-8-7-14(11-18)12-19-3/h5-6,9,14,17H,4,7-8,10-12H2,1-3H3. The average Bonchev–Trinajstić information content (AvgIpc) is 2.85. The second-order valence-electron chi connectivity index (χ2n) is 5.47. The van der Waals surface area contributed by atoms with Gasteiger partial charge < -0.3 is 15.0 Å². The molecular weight excluding hydrogens is 236 g/mol. The molecule has 0 amide bonds. The number of hydrogen-bond donors (Lipinski definition) is 1. The smallest absolute Gasteiger partial charge is 0.0508 e. The predicted molar refractivity (Wildman–Crippen MR) is 80.8 cm³/mol. The topological polar surface area (TPSA) is 24.5 Å². The fraction of sp³-hybridized carbons (Fsp3) is 0.625. The molecule has 0 aromatic heterocycles. The molecule has 0 radical (unpaired) electrons. The van der Waals surface area contributed by atoms with Gasteiger partial charge in [-0.15, -0.1) is 0 Å². The Balaban J connectivity index is 2.10. The van der Waals surface area contributed by atoms with Crippen molar-refractivity contribution in [1.82, 2.24) is 5.32 Å². The van der Waals surface area contributed by atoms with Crippen LogP contribution in [-0.2, 0) is 11.3 Å². The molecule has 1 aromatic carbocycles. The third kappa shape index (κ3) is 3.71. The number of hydrogen-bond acceptors (Lipinski definition) is 3. The molecule has 1 saturated heterocycles. The number of methoxy groups -OCH3 is 1. The lowest BCUT2D eigenvalue weighted by atomic mass is 10.1. The lowest BCUT2D eigenvalue weighted by molar-refractivity contribution is 0.161. The molecule has 3 nitrogen and oxygen atoms in total. The zero-order chi connectivity index (χ0) is 13.7. The molecule has 106 valence electrons. The first-order chi connectivity index (χ1) is 9.24.